The van der Waals surface area contributed by atoms with Gasteiger partial charge in [0.05, 0.1) is 18.2 Å². The largest absolute Gasteiger partial charge is 0.507 e. The zero-order valence-corrected chi connectivity index (χ0v) is 18.4. The lowest BCUT2D eigenvalue weighted by Crippen LogP contribution is -2.29. The van der Waals surface area contributed by atoms with Crippen LogP contribution in [-0.4, -0.2) is 28.6 Å². The highest BCUT2D eigenvalue weighted by Crippen LogP contribution is 2.42. The molecule has 1 aliphatic heterocycles. The summed E-state index contributed by atoms with van der Waals surface area (Å²) in [4.78, 5) is 27.3. The molecule has 0 aliphatic carbocycles. The van der Waals surface area contributed by atoms with E-state index < -0.39 is 17.7 Å². The van der Waals surface area contributed by atoms with Gasteiger partial charge in [-0.3, -0.25) is 14.5 Å². The van der Waals surface area contributed by atoms with Gasteiger partial charge in [-0.05, 0) is 43.7 Å². The molecule has 1 unspecified atom stereocenters. The maximum atomic E-state index is 13.0. The molecule has 1 aromatic heterocycles. The van der Waals surface area contributed by atoms with Crippen LogP contribution in [0.4, 0.5) is 5.82 Å². The summed E-state index contributed by atoms with van der Waals surface area (Å²) in [6.07, 6.45) is 0. The summed E-state index contributed by atoms with van der Waals surface area (Å²) in [6.45, 7) is 4.09. The smallest absolute Gasteiger partial charge is 0.301 e. The number of ketones is 1. The number of carbonyl (C=O) groups excluding carboxylic acids is 2. The van der Waals surface area contributed by atoms with Crippen LogP contribution in [0.1, 0.15) is 29.9 Å². The Balaban J connectivity index is 1.89. The number of hydrogen-bond donors (Lipinski definition) is 1. The topological polar surface area (TPSA) is 92.9 Å². The quantitative estimate of drug-likeness (QED) is 0.319. The molecule has 1 aliphatic rings. The van der Waals surface area contributed by atoms with Crippen molar-refractivity contribution in [2.24, 2.45) is 0 Å². The number of halogens is 1. The average molecular weight is 483 g/mol. The van der Waals surface area contributed by atoms with E-state index in [9.17, 15) is 14.7 Å². The van der Waals surface area contributed by atoms with Crippen LogP contribution in [0.5, 0.6) is 5.75 Å². The molecule has 0 radical (unpaired) electrons. The Morgan fingerprint density at radius 3 is 2.42 bits per heavy atom. The number of aromatic nitrogens is 1. The van der Waals surface area contributed by atoms with Crippen LogP contribution in [-0.2, 0) is 9.59 Å². The van der Waals surface area contributed by atoms with Gasteiger partial charge in [-0.15, -0.1) is 0 Å². The van der Waals surface area contributed by atoms with Gasteiger partial charge in [-0.1, -0.05) is 45.4 Å². The number of ether oxygens (including phenoxy) is 1. The van der Waals surface area contributed by atoms with Gasteiger partial charge in [0.1, 0.15) is 17.3 Å². The van der Waals surface area contributed by atoms with Crippen LogP contribution in [0.2, 0.25) is 0 Å². The summed E-state index contributed by atoms with van der Waals surface area (Å²) in [7, 11) is 0. The third-order valence-electron chi connectivity index (χ3n) is 4.93. The summed E-state index contributed by atoms with van der Waals surface area (Å²) in [6, 6.07) is 14.6. The standard InChI is InChI=1S/C23H19BrN2O5/c1-3-30-17-10-6-14(7-11-17)20-19(21(27)15-4-8-16(24)9-5-15)22(28)23(29)26(20)18-12-13(2)31-25-18/h4-12,20,27H,3H2,1-2H3. The second-order valence-electron chi connectivity index (χ2n) is 6.97. The van der Waals surface area contributed by atoms with Gasteiger partial charge < -0.3 is 14.4 Å². The zero-order valence-electron chi connectivity index (χ0n) is 16.8. The number of hydrogen-bond acceptors (Lipinski definition) is 6. The lowest BCUT2D eigenvalue weighted by Gasteiger charge is -2.23. The fourth-order valence-electron chi connectivity index (χ4n) is 3.53. The molecule has 1 saturated heterocycles. The highest BCUT2D eigenvalue weighted by atomic mass is 79.9. The molecule has 4 rings (SSSR count). The van der Waals surface area contributed by atoms with Crippen molar-refractivity contribution in [1.29, 1.82) is 0 Å². The minimum Gasteiger partial charge on any atom is -0.507 e. The number of carbonyl (C=O) groups is 2. The van der Waals surface area contributed by atoms with Crippen LogP contribution in [0.15, 0.2) is 69.2 Å². The molecule has 31 heavy (non-hydrogen) atoms. The number of amides is 1. The van der Waals surface area contributed by atoms with Gasteiger partial charge in [-0.25, -0.2) is 0 Å². The Kier molecular flexibility index (Phi) is 5.65. The maximum Gasteiger partial charge on any atom is 0.301 e. The van der Waals surface area contributed by atoms with Gasteiger partial charge in [0.2, 0.25) is 0 Å². The molecule has 0 bridgehead atoms. The number of benzene rings is 2. The zero-order chi connectivity index (χ0) is 22.1. The number of aliphatic hydroxyl groups excluding tert-OH is 1. The molecule has 158 valence electrons. The summed E-state index contributed by atoms with van der Waals surface area (Å²) < 4.78 is 11.4. The normalized spacial score (nSPS) is 17.9. The van der Waals surface area contributed by atoms with Crippen molar-refractivity contribution in [3.8, 4) is 5.75 Å². The van der Waals surface area contributed by atoms with Crippen molar-refractivity contribution < 1.29 is 24.0 Å². The van der Waals surface area contributed by atoms with Crippen molar-refractivity contribution >= 4 is 39.2 Å². The van der Waals surface area contributed by atoms with Gasteiger partial charge >= 0.3 is 5.91 Å². The van der Waals surface area contributed by atoms with E-state index in [1.807, 2.05) is 6.92 Å². The second-order valence-corrected chi connectivity index (χ2v) is 7.89. The van der Waals surface area contributed by atoms with Crippen LogP contribution >= 0.6 is 15.9 Å². The van der Waals surface area contributed by atoms with E-state index >= 15 is 0 Å². The highest BCUT2D eigenvalue weighted by Gasteiger charge is 2.48. The summed E-state index contributed by atoms with van der Waals surface area (Å²) in [5, 5.41) is 15.0. The van der Waals surface area contributed by atoms with Crippen LogP contribution in [0, 0.1) is 6.92 Å². The van der Waals surface area contributed by atoms with Gasteiger partial charge in [-0.2, -0.15) is 0 Å². The Morgan fingerprint density at radius 2 is 1.84 bits per heavy atom. The Bertz CT molecular complexity index is 1170. The molecule has 2 aromatic carbocycles. The lowest BCUT2D eigenvalue weighted by atomic mass is 9.95. The molecule has 7 nitrogen and oxygen atoms in total. The van der Waals surface area contributed by atoms with Crippen LogP contribution in [0.25, 0.3) is 5.76 Å². The van der Waals surface area contributed by atoms with E-state index in [-0.39, 0.29) is 17.2 Å². The molecular weight excluding hydrogens is 464 g/mol. The minimum absolute atomic E-state index is 0.0165. The first-order chi connectivity index (χ1) is 14.9. The number of Topliss-reactive ketones (excluding diaryl/α,β-unsaturated/α-hetero) is 1. The number of aliphatic hydroxyl groups is 1. The number of aryl methyl sites for hydroxylation is 1. The summed E-state index contributed by atoms with van der Waals surface area (Å²) in [5.41, 5.74) is 1.03. The summed E-state index contributed by atoms with van der Waals surface area (Å²) >= 11 is 3.35. The van der Waals surface area contributed by atoms with Crippen molar-refractivity contribution in [1.82, 2.24) is 5.16 Å². The molecular formula is C23H19BrN2O5. The molecule has 8 heteroatoms. The van der Waals surface area contributed by atoms with E-state index in [4.69, 9.17) is 9.26 Å². The Labute approximate surface area is 187 Å². The van der Waals surface area contributed by atoms with Crippen LogP contribution < -0.4 is 9.64 Å². The number of rotatable bonds is 5. The van der Waals surface area contributed by atoms with Crippen molar-refractivity contribution in [3.63, 3.8) is 0 Å². The van der Waals surface area contributed by atoms with Gasteiger partial charge in [0.25, 0.3) is 5.78 Å². The van der Waals surface area contributed by atoms with E-state index in [1.165, 1.54) is 4.90 Å². The van der Waals surface area contributed by atoms with Gasteiger partial charge in [0, 0.05) is 16.1 Å². The Hall–Kier alpha value is -3.39. The Morgan fingerprint density at radius 1 is 1.16 bits per heavy atom. The SMILES string of the molecule is CCOc1ccc(C2C(=C(O)c3ccc(Br)cc3)C(=O)C(=O)N2c2cc(C)on2)cc1. The molecule has 3 aromatic rings. The third kappa shape index (κ3) is 3.86. The fourth-order valence-corrected chi connectivity index (χ4v) is 3.79. The molecule has 0 spiro atoms. The first-order valence-electron chi connectivity index (χ1n) is 9.63. The predicted octanol–water partition coefficient (Wildman–Crippen LogP) is 4.77. The summed E-state index contributed by atoms with van der Waals surface area (Å²) in [5.74, 6) is -0.477. The first-order valence-corrected chi connectivity index (χ1v) is 10.4. The molecule has 0 saturated carbocycles. The van der Waals surface area contributed by atoms with E-state index in [0.717, 1.165) is 4.47 Å². The maximum absolute atomic E-state index is 13.0. The van der Waals surface area contributed by atoms with E-state index in [1.54, 1.807) is 61.5 Å². The second kappa shape index (κ2) is 8.39. The molecule has 1 atom stereocenters. The molecule has 2 heterocycles. The average Bonchev–Trinajstić information content (AvgIpc) is 3.30. The monoisotopic (exact) mass is 482 g/mol. The van der Waals surface area contributed by atoms with Gasteiger partial charge in [0.15, 0.2) is 5.82 Å². The molecule has 1 amide bonds. The number of anilines is 1. The van der Waals surface area contributed by atoms with Crippen LogP contribution in [0.3, 0.4) is 0 Å². The molecule has 1 N–H and O–H groups in total. The van der Waals surface area contributed by atoms with E-state index in [2.05, 4.69) is 21.1 Å². The highest BCUT2D eigenvalue weighted by molar-refractivity contribution is 9.10. The predicted molar refractivity (Wildman–Crippen MR) is 118 cm³/mol. The first kappa shape index (κ1) is 20.9. The lowest BCUT2D eigenvalue weighted by molar-refractivity contribution is -0.132. The van der Waals surface area contributed by atoms with Crippen molar-refractivity contribution in [2.45, 2.75) is 19.9 Å². The van der Waals surface area contributed by atoms with Crippen molar-refractivity contribution in [2.75, 3.05) is 11.5 Å². The van der Waals surface area contributed by atoms with E-state index in [0.29, 0.717) is 29.2 Å². The third-order valence-corrected chi connectivity index (χ3v) is 5.46. The molecule has 1 fully saturated rings. The minimum atomic E-state index is -0.871. The van der Waals surface area contributed by atoms with Crippen molar-refractivity contribution in [3.05, 3.63) is 81.5 Å². The number of nitrogens with zero attached hydrogens (tertiary/aromatic N) is 2. The fraction of sp³-hybridized carbons (Fsp3) is 0.174.